The summed E-state index contributed by atoms with van der Waals surface area (Å²) in [5, 5.41) is 16.0. The molecule has 0 fully saturated rings. The minimum Gasteiger partial charge on any atom is -0.475 e. The van der Waals surface area contributed by atoms with Gasteiger partial charge in [-0.05, 0) is 0 Å². The van der Waals surface area contributed by atoms with Gasteiger partial charge in [-0.2, -0.15) is 0 Å². The molecule has 0 aromatic rings. The van der Waals surface area contributed by atoms with Gasteiger partial charge in [0.15, 0.2) is 0 Å². The Labute approximate surface area is 124 Å². The van der Waals surface area contributed by atoms with Crippen molar-refractivity contribution in [2.75, 3.05) is 0 Å². The molecule has 0 unspecified atom stereocenters. The monoisotopic (exact) mass is 304 g/mol. The number of aldehydes is 1. The lowest BCUT2D eigenvalue weighted by molar-refractivity contribution is -0.150. The third-order valence-electron chi connectivity index (χ3n) is 1.74. The molecule has 0 aromatic heterocycles. The smallest absolute Gasteiger partial charge is 0.372 e. The van der Waals surface area contributed by atoms with Gasteiger partial charge in [0.25, 0.3) is 0 Å². The zero-order valence-electron chi connectivity index (χ0n) is 13.2. The molecular formula is C14H24O7. The summed E-state index contributed by atoms with van der Waals surface area (Å²) in [6, 6.07) is 0. The van der Waals surface area contributed by atoms with E-state index in [1.807, 2.05) is 13.8 Å². The van der Waals surface area contributed by atoms with E-state index in [0.717, 1.165) is 6.29 Å². The molecule has 2 N–H and O–H groups in total. The van der Waals surface area contributed by atoms with Crippen LogP contribution in [0.25, 0.3) is 0 Å². The number of carboxylic acid groups (broad SMARTS) is 2. The summed E-state index contributed by atoms with van der Waals surface area (Å²) in [6.45, 7) is 9.92. The molecule has 7 nitrogen and oxygen atoms in total. The van der Waals surface area contributed by atoms with Gasteiger partial charge in [-0.15, -0.1) is 0 Å². The van der Waals surface area contributed by atoms with Crippen LogP contribution >= 0.6 is 0 Å². The van der Waals surface area contributed by atoms with Crippen molar-refractivity contribution in [1.82, 2.24) is 0 Å². The Bertz CT molecular complexity index is 338. The first-order chi connectivity index (χ1) is 9.38. The molecule has 21 heavy (non-hydrogen) atoms. The van der Waals surface area contributed by atoms with Crippen molar-refractivity contribution in [2.24, 2.45) is 17.8 Å². The standard InChI is InChI=1S/2C5H8O3.C4H8O/c2*1-3(2)4(6)5(7)8;1-4(2)3-5/h2*3H,1-2H3,(H,7,8);3-4H,1-2H3. The Morgan fingerprint density at radius 1 is 0.714 bits per heavy atom. The fraction of sp³-hybridized carbons (Fsp3) is 0.643. The Morgan fingerprint density at radius 3 is 0.905 bits per heavy atom. The zero-order valence-corrected chi connectivity index (χ0v) is 13.2. The third-order valence-corrected chi connectivity index (χ3v) is 1.74. The summed E-state index contributed by atoms with van der Waals surface area (Å²) in [6.07, 6.45) is 0.917. The molecular weight excluding hydrogens is 280 g/mol. The Balaban J connectivity index is -0.000000239. The Morgan fingerprint density at radius 2 is 0.905 bits per heavy atom. The van der Waals surface area contributed by atoms with E-state index in [4.69, 9.17) is 10.2 Å². The highest BCUT2D eigenvalue weighted by Crippen LogP contribution is 1.92. The number of carboxylic acids is 2. The van der Waals surface area contributed by atoms with Crippen molar-refractivity contribution >= 4 is 29.8 Å². The molecule has 0 rings (SSSR count). The lowest BCUT2D eigenvalue weighted by atomic mass is 10.1. The van der Waals surface area contributed by atoms with E-state index >= 15 is 0 Å². The van der Waals surface area contributed by atoms with Gasteiger partial charge in [0, 0.05) is 17.8 Å². The van der Waals surface area contributed by atoms with Crippen LogP contribution in [-0.2, 0) is 24.0 Å². The molecule has 7 heteroatoms. The first kappa shape index (κ1) is 24.0. The van der Waals surface area contributed by atoms with Crippen LogP contribution in [0.4, 0.5) is 0 Å². The van der Waals surface area contributed by atoms with E-state index in [1.54, 1.807) is 27.7 Å². The maximum atomic E-state index is 10.2. The van der Waals surface area contributed by atoms with Crippen LogP contribution in [0.3, 0.4) is 0 Å². The molecule has 0 saturated carbocycles. The zero-order chi connectivity index (χ0) is 17.7. The molecule has 0 spiro atoms. The number of hydrogen-bond donors (Lipinski definition) is 2. The SMILES string of the molecule is CC(C)C(=O)C(=O)O.CC(C)C(=O)C(=O)O.CC(C)C=O. The summed E-state index contributed by atoms with van der Waals surface area (Å²) >= 11 is 0. The van der Waals surface area contributed by atoms with Crippen LogP contribution in [-0.4, -0.2) is 40.0 Å². The highest BCUT2D eigenvalue weighted by Gasteiger charge is 2.15. The number of Topliss-reactive ketones (excluding diaryl/α,β-unsaturated/α-hetero) is 2. The Hall–Kier alpha value is -2.05. The second kappa shape index (κ2) is 13.0. The lowest BCUT2D eigenvalue weighted by Gasteiger charge is -1.93. The third kappa shape index (κ3) is 17.9. The van der Waals surface area contributed by atoms with Crippen LogP contribution in [0.15, 0.2) is 0 Å². The average Bonchev–Trinajstić information content (AvgIpc) is 2.37. The number of rotatable bonds is 5. The minimum atomic E-state index is -1.35. The van der Waals surface area contributed by atoms with Gasteiger partial charge in [-0.3, -0.25) is 9.59 Å². The molecule has 0 radical (unpaired) electrons. The molecule has 0 atom stereocenters. The van der Waals surface area contributed by atoms with Crippen molar-refractivity contribution in [1.29, 1.82) is 0 Å². The van der Waals surface area contributed by atoms with Crippen LogP contribution < -0.4 is 0 Å². The summed E-state index contributed by atoms with van der Waals surface area (Å²) in [7, 11) is 0. The van der Waals surface area contributed by atoms with Gasteiger partial charge in [-0.1, -0.05) is 41.5 Å². The van der Waals surface area contributed by atoms with E-state index in [9.17, 15) is 24.0 Å². The largest absolute Gasteiger partial charge is 0.475 e. The van der Waals surface area contributed by atoms with Crippen molar-refractivity contribution in [3.8, 4) is 0 Å². The number of hydrogen-bond acceptors (Lipinski definition) is 5. The molecule has 0 aromatic carbocycles. The van der Waals surface area contributed by atoms with E-state index in [-0.39, 0.29) is 5.92 Å². The van der Waals surface area contributed by atoms with Crippen molar-refractivity contribution < 1.29 is 34.2 Å². The molecule has 0 amide bonds. The van der Waals surface area contributed by atoms with Crippen LogP contribution in [0.5, 0.6) is 0 Å². The van der Waals surface area contributed by atoms with E-state index in [2.05, 4.69) is 0 Å². The number of ketones is 2. The highest BCUT2D eigenvalue weighted by molar-refractivity contribution is 6.33. The maximum Gasteiger partial charge on any atom is 0.372 e. The molecule has 0 aliphatic heterocycles. The lowest BCUT2D eigenvalue weighted by Crippen LogP contribution is -2.18. The molecule has 0 bridgehead atoms. The number of carbonyl (C=O) groups excluding carboxylic acids is 3. The predicted molar refractivity (Wildman–Crippen MR) is 75.9 cm³/mol. The molecule has 0 saturated heterocycles. The van der Waals surface area contributed by atoms with Crippen molar-refractivity contribution in [3.05, 3.63) is 0 Å². The first-order valence-corrected chi connectivity index (χ1v) is 6.37. The van der Waals surface area contributed by atoms with E-state index < -0.39 is 35.3 Å². The van der Waals surface area contributed by atoms with E-state index in [1.165, 1.54) is 0 Å². The van der Waals surface area contributed by atoms with Gasteiger partial charge in [0.2, 0.25) is 11.6 Å². The Kier molecular flexibility index (Phi) is 14.8. The quantitative estimate of drug-likeness (QED) is 0.581. The second-order valence-electron chi connectivity index (χ2n) is 5.03. The summed E-state index contributed by atoms with van der Waals surface area (Å²) in [5.41, 5.74) is 0. The molecule has 0 heterocycles. The summed E-state index contributed by atoms with van der Waals surface area (Å²) in [5.74, 6) is -4.75. The van der Waals surface area contributed by atoms with E-state index in [0.29, 0.717) is 0 Å². The van der Waals surface area contributed by atoms with Gasteiger partial charge in [0.05, 0.1) is 0 Å². The maximum absolute atomic E-state index is 10.2. The topological polar surface area (TPSA) is 126 Å². The highest BCUT2D eigenvalue weighted by atomic mass is 16.4. The fourth-order valence-electron chi connectivity index (χ4n) is 0.494. The number of carbonyl (C=O) groups is 5. The normalized spacial score (nSPS) is 9.19. The molecule has 0 aliphatic rings. The van der Waals surface area contributed by atoms with Gasteiger partial charge < -0.3 is 15.0 Å². The molecule has 122 valence electrons. The summed E-state index contributed by atoms with van der Waals surface area (Å²) in [4.78, 5) is 49.6. The molecule has 0 aliphatic carbocycles. The van der Waals surface area contributed by atoms with Crippen LogP contribution in [0, 0.1) is 17.8 Å². The second-order valence-corrected chi connectivity index (χ2v) is 5.03. The summed E-state index contributed by atoms with van der Waals surface area (Å²) < 4.78 is 0. The van der Waals surface area contributed by atoms with Gasteiger partial charge in [0.1, 0.15) is 6.29 Å². The number of aliphatic carboxylic acids is 2. The van der Waals surface area contributed by atoms with Crippen molar-refractivity contribution in [3.63, 3.8) is 0 Å². The average molecular weight is 304 g/mol. The van der Waals surface area contributed by atoms with Gasteiger partial charge >= 0.3 is 11.9 Å². The van der Waals surface area contributed by atoms with Crippen molar-refractivity contribution in [2.45, 2.75) is 41.5 Å². The van der Waals surface area contributed by atoms with Crippen LogP contribution in [0.2, 0.25) is 0 Å². The first-order valence-electron chi connectivity index (χ1n) is 6.37. The van der Waals surface area contributed by atoms with Gasteiger partial charge in [-0.25, -0.2) is 9.59 Å². The minimum absolute atomic E-state index is 0.204. The van der Waals surface area contributed by atoms with Crippen LogP contribution in [0.1, 0.15) is 41.5 Å². The predicted octanol–water partition coefficient (Wildman–Crippen LogP) is 1.43. The fourth-order valence-corrected chi connectivity index (χ4v) is 0.494.